The maximum Gasteiger partial charge on any atom is 0.192 e. The molecule has 1 nitrogen and oxygen atoms in total. The standard InChI is InChI=1S/C21H38OSi/c1-14(2)17-12-10-15(3)18-13-11-16(4)20(19(17)18)22-23(8,9)21(5,6)7/h10-11,14,17-20H,12-13H2,1-9H3/t17-,18-,19?,20+/m0/s1. The maximum atomic E-state index is 7.00. The molecule has 132 valence electrons. The minimum atomic E-state index is -1.76. The van der Waals surface area contributed by atoms with Crippen molar-refractivity contribution in [1.29, 1.82) is 0 Å². The van der Waals surface area contributed by atoms with Crippen LogP contribution < -0.4 is 0 Å². The lowest BCUT2D eigenvalue weighted by atomic mass is 9.62. The highest BCUT2D eigenvalue weighted by Crippen LogP contribution is 2.49. The molecule has 1 unspecified atom stereocenters. The van der Waals surface area contributed by atoms with Gasteiger partial charge in [-0.15, -0.1) is 0 Å². The van der Waals surface area contributed by atoms with Crippen LogP contribution in [-0.4, -0.2) is 14.4 Å². The second-order valence-corrected chi connectivity index (χ2v) is 14.5. The van der Waals surface area contributed by atoms with Gasteiger partial charge in [0.15, 0.2) is 8.32 Å². The molecule has 0 saturated heterocycles. The van der Waals surface area contributed by atoms with Gasteiger partial charge >= 0.3 is 0 Å². The first-order valence-corrected chi connectivity index (χ1v) is 12.4. The Morgan fingerprint density at radius 3 is 2.13 bits per heavy atom. The Bertz CT molecular complexity index is 492. The minimum absolute atomic E-state index is 0.271. The Kier molecular flexibility index (Phi) is 5.38. The van der Waals surface area contributed by atoms with Crippen LogP contribution in [0.3, 0.4) is 0 Å². The van der Waals surface area contributed by atoms with E-state index in [2.05, 4.69) is 73.7 Å². The van der Waals surface area contributed by atoms with E-state index in [1.165, 1.54) is 18.4 Å². The van der Waals surface area contributed by atoms with Crippen molar-refractivity contribution < 1.29 is 4.43 Å². The van der Waals surface area contributed by atoms with E-state index in [0.29, 0.717) is 17.9 Å². The van der Waals surface area contributed by atoms with E-state index < -0.39 is 8.32 Å². The molecule has 0 aliphatic heterocycles. The lowest BCUT2D eigenvalue weighted by Crippen LogP contribution is -2.51. The average molecular weight is 335 g/mol. The Labute approximate surface area is 145 Å². The van der Waals surface area contributed by atoms with Crippen LogP contribution in [0.5, 0.6) is 0 Å². The van der Waals surface area contributed by atoms with E-state index in [4.69, 9.17) is 4.43 Å². The van der Waals surface area contributed by atoms with Crippen LogP contribution in [-0.2, 0) is 4.43 Å². The molecule has 0 aromatic rings. The lowest BCUT2D eigenvalue weighted by Gasteiger charge is -2.50. The van der Waals surface area contributed by atoms with Gasteiger partial charge in [-0.2, -0.15) is 0 Å². The molecule has 0 radical (unpaired) electrons. The highest BCUT2D eigenvalue weighted by atomic mass is 28.4. The first kappa shape index (κ1) is 19.0. The fourth-order valence-electron chi connectivity index (χ4n) is 4.13. The summed E-state index contributed by atoms with van der Waals surface area (Å²) in [4.78, 5) is 0. The third-order valence-corrected chi connectivity index (χ3v) is 11.3. The highest BCUT2D eigenvalue weighted by molar-refractivity contribution is 6.74. The van der Waals surface area contributed by atoms with Crippen molar-refractivity contribution >= 4 is 8.32 Å². The molecule has 0 amide bonds. The van der Waals surface area contributed by atoms with Gasteiger partial charge in [0.1, 0.15) is 0 Å². The van der Waals surface area contributed by atoms with E-state index >= 15 is 0 Å². The van der Waals surface area contributed by atoms with E-state index in [1.807, 2.05) is 0 Å². The molecular formula is C21H38OSi. The minimum Gasteiger partial charge on any atom is -0.410 e. The molecule has 0 aromatic carbocycles. The SMILES string of the molecule is CC1=CC[C@H]2C(C)=CC[C@@H](C(C)C)C2[C@@H]1O[Si](C)(C)C(C)(C)C. The van der Waals surface area contributed by atoms with Crippen LogP contribution in [0.4, 0.5) is 0 Å². The molecule has 0 heterocycles. The van der Waals surface area contributed by atoms with Crippen LogP contribution in [0.15, 0.2) is 23.3 Å². The first-order chi connectivity index (χ1) is 10.5. The third-order valence-electron chi connectivity index (χ3n) is 6.83. The fourth-order valence-corrected chi connectivity index (χ4v) is 5.46. The average Bonchev–Trinajstić information content (AvgIpc) is 2.40. The largest absolute Gasteiger partial charge is 0.410 e. The van der Waals surface area contributed by atoms with Gasteiger partial charge in [-0.05, 0) is 74.1 Å². The van der Waals surface area contributed by atoms with Gasteiger partial charge in [0, 0.05) is 0 Å². The van der Waals surface area contributed by atoms with E-state index in [9.17, 15) is 0 Å². The van der Waals surface area contributed by atoms with Gasteiger partial charge in [0.25, 0.3) is 0 Å². The number of hydrogen-bond donors (Lipinski definition) is 0. The molecule has 0 aromatic heterocycles. The number of fused-ring (bicyclic) bond motifs is 1. The van der Waals surface area contributed by atoms with Crippen molar-refractivity contribution in [1.82, 2.24) is 0 Å². The van der Waals surface area contributed by atoms with E-state index in [1.54, 1.807) is 5.57 Å². The molecule has 2 rings (SSSR count). The molecule has 2 heteroatoms. The molecule has 23 heavy (non-hydrogen) atoms. The van der Waals surface area contributed by atoms with E-state index in [0.717, 1.165) is 11.8 Å². The highest BCUT2D eigenvalue weighted by Gasteiger charge is 2.47. The normalized spacial score (nSPS) is 32.4. The molecule has 4 atom stereocenters. The van der Waals surface area contributed by atoms with Crippen molar-refractivity contribution in [3.05, 3.63) is 23.3 Å². The molecule has 0 N–H and O–H groups in total. The Morgan fingerprint density at radius 1 is 1.04 bits per heavy atom. The Hall–Kier alpha value is -0.343. The summed E-state index contributed by atoms with van der Waals surface area (Å²) in [6.07, 6.45) is 7.72. The maximum absolute atomic E-state index is 7.00. The lowest BCUT2D eigenvalue weighted by molar-refractivity contribution is 0.0456. The van der Waals surface area contributed by atoms with Gasteiger partial charge in [0.05, 0.1) is 6.10 Å². The summed E-state index contributed by atoms with van der Waals surface area (Å²) >= 11 is 0. The van der Waals surface area contributed by atoms with Gasteiger partial charge in [-0.25, -0.2) is 0 Å². The van der Waals surface area contributed by atoms with Gasteiger partial charge < -0.3 is 4.43 Å². The van der Waals surface area contributed by atoms with Crippen molar-refractivity contribution in [2.45, 2.75) is 85.5 Å². The summed E-state index contributed by atoms with van der Waals surface area (Å²) < 4.78 is 7.00. The monoisotopic (exact) mass is 334 g/mol. The van der Waals surface area contributed by atoms with Crippen molar-refractivity contribution in [2.75, 3.05) is 0 Å². The number of allylic oxidation sites excluding steroid dienone is 3. The van der Waals surface area contributed by atoms with Gasteiger partial charge in [-0.1, -0.05) is 52.3 Å². The van der Waals surface area contributed by atoms with E-state index in [-0.39, 0.29) is 5.04 Å². The van der Waals surface area contributed by atoms with Crippen LogP contribution >= 0.6 is 0 Å². The van der Waals surface area contributed by atoms with Crippen LogP contribution in [0.25, 0.3) is 0 Å². The van der Waals surface area contributed by atoms with Crippen LogP contribution in [0.2, 0.25) is 18.1 Å². The Morgan fingerprint density at radius 2 is 1.61 bits per heavy atom. The second kappa shape index (κ2) is 6.52. The zero-order chi connectivity index (χ0) is 17.6. The van der Waals surface area contributed by atoms with Crippen molar-refractivity contribution in [2.24, 2.45) is 23.7 Å². The van der Waals surface area contributed by atoms with Crippen molar-refractivity contribution in [3.8, 4) is 0 Å². The van der Waals surface area contributed by atoms with Gasteiger partial charge in [-0.3, -0.25) is 0 Å². The predicted octanol–water partition coefficient (Wildman–Crippen LogP) is 6.58. The van der Waals surface area contributed by atoms with Crippen LogP contribution in [0, 0.1) is 23.7 Å². The summed E-state index contributed by atoms with van der Waals surface area (Å²) in [6, 6.07) is 0. The third kappa shape index (κ3) is 3.68. The molecule has 0 fully saturated rings. The van der Waals surface area contributed by atoms with Crippen LogP contribution in [0.1, 0.15) is 61.3 Å². The predicted molar refractivity (Wildman–Crippen MR) is 104 cm³/mol. The summed E-state index contributed by atoms with van der Waals surface area (Å²) in [5.74, 6) is 2.83. The summed E-state index contributed by atoms with van der Waals surface area (Å²) in [7, 11) is -1.76. The summed E-state index contributed by atoms with van der Waals surface area (Å²) in [5, 5.41) is 0.271. The molecule has 0 saturated carbocycles. The zero-order valence-electron chi connectivity index (χ0n) is 16.9. The first-order valence-electron chi connectivity index (χ1n) is 9.47. The van der Waals surface area contributed by atoms with Crippen molar-refractivity contribution in [3.63, 3.8) is 0 Å². The molecule has 0 spiro atoms. The molecule has 2 aliphatic carbocycles. The molecule has 0 bridgehead atoms. The summed E-state index contributed by atoms with van der Waals surface area (Å²) in [6.45, 7) is 21.3. The Balaban J connectivity index is 2.38. The van der Waals surface area contributed by atoms with Gasteiger partial charge in [0.2, 0.25) is 0 Å². The fraction of sp³-hybridized carbons (Fsp3) is 0.810. The topological polar surface area (TPSA) is 9.23 Å². The quantitative estimate of drug-likeness (QED) is 0.418. The number of hydrogen-bond acceptors (Lipinski definition) is 1. The second-order valence-electron chi connectivity index (χ2n) is 9.76. The summed E-state index contributed by atoms with van der Waals surface area (Å²) in [5.41, 5.74) is 3.08. The molecule has 2 aliphatic rings. The smallest absolute Gasteiger partial charge is 0.192 e. The molecular weight excluding hydrogens is 296 g/mol. The zero-order valence-corrected chi connectivity index (χ0v) is 17.9. The number of rotatable bonds is 3.